The zero-order valence-corrected chi connectivity index (χ0v) is 14.5. The number of nitrogens with zero attached hydrogens (tertiary/aromatic N) is 1. The molecule has 0 saturated heterocycles. The van der Waals surface area contributed by atoms with Crippen molar-refractivity contribution in [1.29, 1.82) is 0 Å². The van der Waals surface area contributed by atoms with E-state index in [4.69, 9.17) is 5.11 Å². The molecule has 134 valence electrons. The number of carboxylic acids is 1. The first-order chi connectivity index (χ1) is 11.1. The molecule has 1 rings (SSSR count). The number of likely N-dealkylation sites (N-methyl/N-ethyl adjacent to an activating group) is 1. The lowest BCUT2D eigenvalue weighted by molar-refractivity contribution is -0.138. The van der Waals surface area contributed by atoms with Crippen molar-refractivity contribution in [3.8, 4) is 0 Å². The van der Waals surface area contributed by atoms with E-state index in [0.717, 1.165) is 17.0 Å². The van der Waals surface area contributed by atoms with E-state index in [9.17, 15) is 22.4 Å². The Kier molecular flexibility index (Phi) is 6.85. The predicted molar refractivity (Wildman–Crippen MR) is 85.2 cm³/mol. The first kappa shape index (κ1) is 20.0. The lowest BCUT2D eigenvalue weighted by atomic mass is 10.0. The van der Waals surface area contributed by atoms with Crippen molar-refractivity contribution < 1.29 is 27.5 Å². The molecule has 7 nitrogen and oxygen atoms in total. The van der Waals surface area contributed by atoms with Gasteiger partial charge in [0.05, 0.1) is 6.42 Å². The Morgan fingerprint density at radius 1 is 1.29 bits per heavy atom. The Labute approximate surface area is 140 Å². The summed E-state index contributed by atoms with van der Waals surface area (Å²) in [5, 5.41) is 8.67. The topological polar surface area (TPSA) is 104 Å². The van der Waals surface area contributed by atoms with Gasteiger partial charge in [0.25, 0.3) is 0 Å². The number of carbonyl (C=O) groups excluding carboxylic acids is 1. The Bertz CT molecular complexity index is 706. The van der Waals surface area contributed by atoms with Crippen molar-refractivity contribution in [2.45, 2.75) is 31.2 Å². The maximum absolute atomic E-state index is 13.7. The van der Waals surface area contributed by atoms with Crippen LogP contribution in [0, 0.1) is 11.7 Å². The number of carbonyl (C=O) groups is 2. The molecule has 0 radical (unpaired) electrons. The maximum Gasteiger partial charge on any atom is 0.305 e. The van der Waals surface area contributed by atoms with E-state index < -0.39 is 44.6 Å². The third-order valence-corrected chi connectivity index (χ3v) is 4.85. The molecule has 0 spiro atoms. The number of nitrogens with one attached hydrogen (secondary N) is 1. The van der Waals surface area contributed by atoms with Crippen LogP contribution in [0.5, 0.6) is 0 Å². The highest BCUT2D eigenvalue weighted by Crippen LogP contribution is 2.16. The van der Waals surface area contributed by atoms with Crippen LogP contribution in [-0.4, -0.2) is 49.9 Å². The van der Waals surface area contributed by atoms with Crippen molar-refractivity contribution in [2.24, 2.45) is 5.92 Å². The van der Waals surface area contributed by atoms with Gasteiger partial charge in [0.15, 0.2) is 0 Å². The molecule has 2 N–H and O–H groups in total. The predicted octanol–water partition coefficient (Wildman–Crippen LogP) is 1.06. The summed E-state index contributed by atoms with van der Waals surface area (Å²) in [6, 6.07) is 3.73. The zero-order chi connectivity index (χ0) is 18.5. The van der Waals surface area contributed by atoms with Gasteiger partial charge in [-0.15, -0.1) is 0 Å². The van der Waals surface area contributed by atoms with Crippen LogP contribution in [-0.2, 0) is 19.6 Å². The highest BCUT2D eigenvalue weighted by molar-refractivity contribution is 7.89. The third-order valence-electron chi connectivity index (χ3n) is 3.38. The van der Waals surface area contributed by atoms with Crippen molar-refractivity contribution in [3.63, 3.8) is 0 Å². The fourth-order valence-electron chi connectivity index (χ4n) is 1.98. The van der Waals surface area contributed by atoms with Crippen molar-refractivity contribution in [2.75, 3.05) is 13.6 Å². The Morgan fingerprint density at radius 3 is 2.38 bits per heavy atom. The van der Waals surface area contributed by atoms with Crippen LogP contribution in [0.4, 0.5) is 4.39 Å². The molecule has 1 atom stereocenters. The molecule has 0 aliphatic rings. The average molecular weight is 360 g/mol. The second-order valence-corrected chi connectivity index (χ2v) is 7.36. The molecular weight excluding hydrogens is 339 g/mol. The summed E-state index contributed by atoms with van der Waals surface area (Å²) in [7, 11) is -2.85. The lowest BCUT2D eigenvalue weighted by Crippen LogP contribution is -2.50. The Hall–Kier alpha value is -2.00. The first-order valence-electron chi connectivity index (χ1n) is 7.30. The molecule has 0 saturated carbocycles. The highest BCUT2D eigenvalue weighted by atomic mass is 32.2. The van der Waals surface area contributed by atoms with Crippen molar-refractivity contribution in [1.82, 2.24) is 9.62 Å². The molecule has 0 aliphatic heterocycles. The van der Waals surface area contributed by atoms with Crippen molar-refractivity contribution in [3.05, 3.63) is 30.1 Å². The van der Waals surface area contributed by atoms with Gasteiger partial charge in [-0.25, -0.2) is 12.8 Å². The van der Waals surface area contributed by atoms with Gasteiger partial charge < -0.3 is 10.0 Å². The number of amides is 1. The van der Waals surface area contributed by atoms with Gasteiger partial charge in [0, 0.05) is 13.6 Å². The number of hydrogen-bond acceptors (Lipinski definition) is 4. The van der Waals surface area contributed by atoms with Crippen molar-refractivity contribution >= 4 is 21.9 Å². The Balaban J connectivity index is 2.99. The summed E-state index contributed by atoms with van der Waals surface area (Å²) in [4.78, 5) is 23.6. The van der Waals surface area contributed by atoms with E-state index in [-0.39, 0.29) is 13.0 Å². The van der Waals surface area contributed by atoms with E-state index in [2.05, 4.69) is 4.72 Å². The Morgan fingerprint density at radius 2 is 1.88 bits per heavy atom. The molecule has 0 unspecified atom stereocenters. The number of sulfonamides is 1. The molecule has 0 bridgehead atoms. The molecular formula is C15H21FN2O5S. The first-order valence-corrected chi connectivity index (χ1v) is 8.78. The standard InChI is InChI=1S/C15H21FN2O5S/c1-10(2)14(15(21)18(3)9-8-13(19)20)17-24(22,23)12-7-5-4-6-11(12)16/h4-7,10,14,17H,8-9H2,1-3H3,(H,19,20)/t14-/m0/s1. The van der Waals surface area contributed by atoms with E-state index >= 15 is 0 Å². The SMILES string of the molecule is CC(C)[C@H](NS(=O)(=O)c1ccccc1F)C(=O)N(C)CCC(=O)O. The summed E-state index contributed by atoms with van der Waals surface area (Å²) >= 11 is 0. The normalized spacial score (nSPS) is 12.9. The largest absolute Gasteiger partial charge is 0.481 e. The highest BCUT2D eigenvalue weighted by Gasteiger charge is 2.31. The van der Waals surface area contributed by atoms with E-state index in [0.29, 0.717) is 0 Å². The van der Waals surface area contributed by atoms with E-state index in [1.54, 1.807) is 13.8 Å². The minimum absolute atomic E-state index is 0.0567. The summed E-state index contributed by atoms with van der Waals surface area (Å²) in [5.41, 5.74) is 0. The van der Waals surface area contributed by atoms with Crippen LogP contribution in [0.3, 0.4) is 0 Å². The van der Waals surface area contributed by atoms with Crippen LogP contribution in [0.25, 0.3) is 0 Å². The van der Waals surface area contributed by atoms with Crippen LogP contribution < -0.4 is 4.72 Å². The number of aliphatic carboxylic acids is 1. The average Bonchev–Trinajstić information content (AvgIpc) is 2.49. The smallest absolute Gasteiger partial charge is 0.305 e. The molecule has 1 aromatic rings. The fraction of sp³-hybridized carbons (Fsp3) is 0.467. The number of hydrogen-bond donors (Lipinski definition) is 2. The van der Waals surface area contributed by atoms with Gasteiger partial charge in [-0.2, -0.15) is 4.72 Å². The number of halogens is 1. The molecule has 0 aliphatic carbocycles. The maximum atomic E-state index is 13.7. The van der Waals surface area contributed by atoms with Gasteiger partial charge in [-0.05, 0) is 18.1 Å². The van der Waals surface area contributed by atoms with Gasteiger partial charge in [0.2, 0.25) is 15.9 Å². The second kappa shape index (κ2) is 8.20. The summed E-state index contributed by atoms with van der Waals surface area (Å²) in [6.07, 6.45) is -0.257. The molecule has 0 fully saturated rings. The third kappa shape index (κ3) is 5.27. The van der Waals surface area contributed by atoms with Gasteiger partial charge in [0.1, 0.15) is 16.8 Å². The molecule has 0 heterocycles. The molecule has 1 aromatic carbocycles. The van der Waals surface area contributed by atoms with Crippen LogP contribution in [0.2, 0.25) is 0 Å². The lowest BCUT2D eigenvalue weighted by Gasteiger charge is -2.26. The minimum atomic E-state index is -4.23. The van der Waals surface area contributed by atoms with E-state index in [1.807, 2.05) is 0 Å². The minimum Gasteiger partial charge on any atom is -0.481 e. The summed E-state index contributed by atoms with van der Waals surface area (Å²) < 4.78 is 40.6. The molecule has 1 amide bonds. The van der Waals surface area contributed by atoms with Crippen LogP contribution >= 0.6 is 0 Å². The number of rotatable bonds is 8. The molecule has 24 heavy (non-hydrogen) atoms. The van der Waals surface area contributed by atoms with Crippen LogP contribution in [0.15, 0.2) is 29.2 Å². The van der Waals surface area contributed by atoms with Gasteiger partial charge in [-0.3, -0.25) is 9.59 Å². The van der Waals surface area contributed by atoms with Crippen LogP contribution in [0.1, 0.15) is 20.3 Å². The summed E-state index contributed by atoms with van der Waals surface area (Å²) in [5.74, 6) is -2.97. The monoisotopic (exact) mass is 360 g/mol. The van der Waals surface area contributed by atoms with Gasteiger partial charge in [-0.1, -0.05) is 26.0 Å². The quantitative estimate of drug-likeness (QED) is 0.721. The van der Waals surface area contributed by atoms with Gasteiger partial charge >= 0.3 is 5.97 Å². The van der Waals surface area contributed by atoms with E-state index in [1.165, 1.54) is 19.2 Å². The second-order valence-electron chi connectivity index (χ2n) is 5.68. The zero-order valence-electron chi connectivity index (χ0n) is 13.7. The number of benzene rings is 1. The molecule has 0 aromatic heterocycles. The number of carboxylic acid groups (broad SMARTS) is 1. The molecule has 9 heteroatoms. The summed E-state index contributed by atoms with van der Waals surface area (Å²) in [6.45, 7) is 3.22. The fourth-order valence-corrected chi connectivity index (χ4v) is 3.39.